The van der Waals surface area contributed by atoms with Gasteiger partial charge in [0.2, 0.25) is 11.8 Å². The molecule has 6 nitrogen and oxygen atoms in total. The molecule has 2 heterocycles. The quantitative estimate of drug-likeness (QED) is 0.621. The van der Waals surface area contributed by atoms with E-state index in [4.69, 9.17) is 15.2 Å². The number of nitrogens with two attached hydrogens (primary N) is 1. The first-order valence-corrected chi connectivity index (χ1v) is 9.63. The highest BCUT2D eigenvalue weighted by Crippen LogP contribution is 2.37. The molecule has 2 aromatic carbocycles. The van der Waals surface area contributed by atoms with Crippen molar-refractivity contribution in [2.75, 3.05) is 5.32 Å². The molecule has 1 amide bonds. The van der Waals surface area contributed by atoms with E-state index in [0.29, 0.717) is 17.3 Å². The highest BCUT2D eigenvalue weighted by molar-refractivity contribution is 5.94. The highest BCUT2D eigenvalue weighted by atomic mass is 35.5. The van der Waals surface area contributed by atoms with Crippen molar-refractivity contribution >= 4 is 24.0 Å². The average Bonchev–Trinajstić information content (AvgIpc) is 2.75. The van der Waals surface area contributed by atoms with E-state index >= 15 is 0 Å². The maximum absolute atomic E-state index is 11.6. The first-order chi connectivity index (χ1) is 14.1. The molecule has 156 valence electrons. The lowest BCUT2D eigenvalue weighted by molar-refractivity contribution is -0.117. The number of nitrogens with zero attached hydrogens (tertiary/aromatic N) is 1. The van der Waals surface area contributed by atoms with Crippen LogP contribution in [-0.2, 0) is 11.2 Å². The predicted octanol–water partition coefficient (Wildman–Crippen LogP) is 4.65. The second-order valence-electron chi connectivity index (χ2n) is 7.09. The van der Waals surface area contributed by atoms with Crippen molar-refractivity contribution in [3.63, 3.8) is 0 Å². The fourth-order valence-electron chi connectivity index (χ4n) is 3.22. The SMILES string of the molecule is C[C@@H](N)C(=O)Nc1ccc(Oc2ccc3c(c2)CCC(c2ccccc2)O3)nc1.Cl. The number of rotatable bonds is 5. The Labute approximate surface area is 181 Å². The zero-order chi connectivity index (χ0) is 20.2. The standard InChI is InChI=1S/C23H23N3O3.ClH/c1-15(24)23(27)26-18-8-12-22(25-14-18)28-19-9-11-21-17(13-19)7-10-20(29-21)16-5-3-2-4-6-16;/h2-6,8-9,11-15,20H,7,10,24H2,1H3,(H,26,27);1H/t15-,20?;/m1./s1. The first kappa shape index (κ1) is 21.6. The molecule has 7 heteroatoms. The van der Waals surface area contributed by atoms with Crippen molar-refractivity contribution in [2.45, 2.75) is 31.9 Å². The normalized spacial score (nSPS) is 15.7. The number of fused-ring (bicyclic) bond motifs is 1. The van der Waals surface area contributed by atoms with Crippen LogP contribution in [0.5, 0.6) is 17.4 Å². The summed E-state index contributed by atoms with van der Waals surface area (Å²) in [6.45, 7) is 1.63. The topological polar surface area (TPSA) is 86.5 Å². The zero-order valence-electron chi connectivity index (χ0n) is 16.6. The largest absolute Gasteiger partial charge is 0.485 e. The molecular weight excluding hydrogens is 402 g/mol. The van der Waals surface area contributed by atoms with Gasteiger partial charge in [-0.15, -0.1) is 12.4 Å². The predicted molar refractivity (Wildman–Crippen MR) is 118 cm³/mol. The smallest absolute Gasteiger partial charge is 0.241 e. The lowest BCUT2D eigenvalue weighted by atomic mass is 9.97. The summed E-state index contributed by atoms with van der Waals surface area (Å²) >= 11 is 0. The van der Waals surface area contributed by atoms with E-state index in [1.54, 1.807) is 25.3 Å². The Bertz CT molecular complexity index is 994. The van der Waals surface area contributed by atoms with Crippen molar-refractivity contribution in [2.24, 2.45) is 5.73 Å². The molecule has 0 bridgehead atoms. The molecule has 1 aromatic heterocycles. The van der Waals surface area contributed by atoms with Gasteiger partial charge < -0.3 is 20.5 Å². The number of halogens is 1. The summed E-state index contributed by atoms with van der Waals surface area (Å²) in [7, 11) is 0. The number of hydrogen-bond acceptors (Lipinski definition) is 5. The molecule has 0 radical (unpaired) electrons. The molecule has 30 heavy (non-hydrogen) atoms. The van der Waals surface area contributed by atoms with Crippen molar-refractivity contribution in [3.05, 3.63) is 78.0 Å². The lowest BCUT2D eigenvalue weighted by Crippen LogP contribution is -2.32. The fourth-order valence-corrected chi connectivity index (χ4v) is 3.22. The van der Waals surface area contributed by atoms with Gasteiger partial charge in [0.1, 0.15) is 17.6 Å². The zero-order valence-corrected chi connectivity index (χ0v) is 17.4. The third-order valence-electron chi connectivity index (χ3n) is 4.79. The average molecular weight is 426 g/mol. The van der Waals surface area contributed by atoms with Crippen LogP contribution in [0.3, 0.4) is 0 Å². The van der Waals surface area contributed by atoms with Crippen LogP contribution in [0.25, 0.3) is 0 Å². The Kier molecular flexibility index (Phi) is 6.92. The maximum Gasteiger partial charge on any atom is 0.241 e. The van der Waals surface area contributed by atoms with Crippen LogP contribution in [0.15, 0.2) is 66.9 Å². The van der Waals surface area contributed by atoms with Gasteiger partial charge in [0, 0.05) is 6.07 Å². The first-order valence-electron chi connectivity index (χ1n) is 9.63. The number of amides is 1. The number of anilines is 1. The van der Waals surface area contributed by atoms with Crippen molar-refractivity contribution in [3.8, 4) is 17.4 Å². The second kappa shape index (κ2) is 9.61. The third-order valence-corrected chi connectivity index (χ3v) is 4.79. The van der Waals surface area contributed by atoms with Crippen LogP contribution in [-0.4, -0.2) is 16.9 Å². The monoisotopic (exact) mass is 425 g/mol. The Hall–Kier alpha value is -3.09. The van der Waals surface area contributed by atoms with Gasteiger partial charge in [-0.2, -0.15) is 0 Å². The van der Waals surface area contributed by atoms with E-state index in [-0.39, 0.29) is 24.4 Å². The fraction of sp³-hybridized carbons (Fsp3) is 0.217. The van der Waals surface area contributed by atoms with Crippen molar-refractivity contribution in [1.29, 1.82) is 0 Å². The molecule has 0 aliphatic carbocycles. The number of hydrogen-bond donors (Lipinski definition) is 2. The number of aromatic nitrogens is 1. The Balaban J connectivity index is 0.00000256. The molecule has 1 aliphatic rings. The van der Waals surface area contributed by atoms with Crippen LogP contribution in [0.2, 0.25) is 0 Å². The van der Waals surface area contributed by atoms with Gasteiger partial charge in [-0.05, 0) is 55.2 Å². The van der Waals surface area contributed by atoms with Crippen molar-refractivity contribution in [1.82, 2.24) is 4.98 Å². The minimum atomic E-state index is -0.579. The lowest BCUT2D eigenvalue weighted by Gasteiger charge is -2.26. The van der Waals surface area contributed by atoms with E-state index in [1.807, 2.05) is 36.4 Å². The summed E-state index contributed by atoms with van der Waals surface area (Å²) in [5.74, 6) is 1.77. The molecule has 0 saturated heterocycles. The van der Waals surface area contributed by atoms with Crippen LogP contribution in [0.1, 0.15) is 30.6 Å². The molecule has 0 saturated carbocycles. The number of aryl methyl sites for hydroxylation is 1. The van der Waals surface area contributed by atoms with E-state index in [1.165, 1.54) is 5.56 Å². The number of nitrogens with one attached hydrogen (secondary N) is 1. The molecule has 0 fully saturated rings. The van der Waals surface area contributed by atoms with Gasteiger partial charge in [0.05, 0.1) is 17.9 Å². The maximum atomic E-state index is 11.6. The molecule has 1 aliphatic heterocycles. The molecule has 3 N–H and O–H groups in total. The van der Waals surface area contributed by atoms with Crippen molar-refractivity contribution < 1.29 is 14.3 Å². The summed E-state index contributed by atoms with van der Waals surface area (Å²) < 4.78 is 12.0. The molecule has 4 rings (SSSR count). The van der Waals surface area contributed by atoms with Crippen LogP contribution in [0.4, 0.5) is 5.69 Å². The highest BCUT2D eigenvalue weighted by Gasteiger charge is 2.21. The molecular formula is C23H24ClN3O3. The number of carbonyl (C=O) groups is 1. The van der Waals surface area contributed by atoms with E-state index < -0.39 is 6.04 Å². The summed E-state index contributed by atoms with van der Waals surface area (Å²) in [4.78, 5) is 15.9. The van der Waals surface area contributed by atoms with Gasteiger partial charge in [0.15, 0.2) is 0 Å². The Morgan fingerprint density at radius 2 is 2.00 bits per heavy atom. The Morgan fingerprint density at radius 1 is 1.20 bits per heavy atom. The summed E-state index contributed by atoms with van der Waals surface area (Å²) in [6, 6.07) is 18.9. The van der Waals surface area contributed by atoms with Gasteiger partial charge in [-0.25, -0.2) is 4.98 Å². The summed E-state index contributed by atoms with van der Waals surface area (Å²) in [5, 5.41) is 2.69. The molecule has 1 unspecified atom stereocenters. The van der Waals surface area contributed by atoms with E-state index in [9.17, 15) is 4.79 Å². The number of ether oxygens (including phenoxy) is 2. The van der Waals surface area contributed by atoms with E-state index in [0.717, 1.165) is 24.2 Å². The van der Waals surface area contributed by atoms with Gasteiger partial charge in [-0.1, -0.05) is 30.3 Å². The number of pyridine rings is 1. The molecule has 0 spiro atoms. The minimum Gasteiger partial charge on any atom is -0.485 e. The Morgan fingerprint density at radius 3 is 2.70 bits per heavy atom. The van der Waals surface area contributed by atoms with Crippen LogP contribution in [0, 0.1) is 0 Å². The second-order valence-corrected chi connectivity index (χ2v) is 7.09. The van der Waals surface area contributed by atoms with Gasteiger partial charge >= 0.3 is 0 Å². The van der Waals surface area contributed by atoms with Crippen LogP contribution >= 0.6 is 12.4 Å². The summed E-state index contributed by atoms with van der Waals surface area (Å²) in [6.07, 6.45) is 3.46. The van der Waals surface area contributed by atoms with Gasteiger partial charge in [-0.3, -0.25) is 4.79 Å². The molecule has 2 atom stereocenters. The summed E-state index contributed by atoms with van der Waals surface area (Å²) in [5.41, 5.74) is 8.43. The van der Waals surface area contributed by atoms with E-state index in [2.05, 4.69) is 22.4 Å². The van der Waals surface area contributed by atoms with Crippen LogP contribution < -0.4 is 20.5 Å². The molecule has 3 aromatic rings. The third kappa shape index (κ3) is 5.09. The number of carbonyl (C=O) groups excluding carboxylic acids is 1. The minimum absolute atomic E-state index is 0. The number of benzene rings is 2. The van der Waals surface area contributed by atoms with Gasteiger partial charge in [0.25, 0.3) is 0 Å².